The van der Waals surface area contributed by atoms with Crippen LogP contribution in [0.15, 0.2) is 59.5 Å². The predicted molar refractivity (Wildman–Crippen MR) is 135 cm³/mol. The molecule has 0 aliphatic rings. The van der Waals surface area contributed by atoms with Crippen LogP contribution in [0, 0.1) is 6.92 Å². The van der Waals surface area contributed by atoms with Gasteiger partial charge in [0, 0.05) is 0 Å². The van der Waals surface area contributed by atoms with Crippen molar-refractivity contribution >= 4 is 62.1 Å². The number of carbonyl (C=O) groups excluding carboxylic acids is 1. The zero-order chi connectivity index (χ0) is 25.0. The minimum Gasteiger partial charge on any atom is -0.495 e. The Bertz CT molecular complexity index is 1310. The van der Waals surface area contributed by atoms with Crippen LogP contribution >= 0.6 is 34.8 Å². The van der Waals surface area contributed by atoms with Crippen molar-refractivity contribution in [3.8, 4) is 11.5 Å². The highest BCUT2D eigenvalue weighted by molar-refractivity contribution is 7.93. The average Bonchev–Trinajstić information content (AvgIpc) is 2.79. The zero-order valence-electron chi connectivity index (χ0n) is 18.4. The molecular weight excluding hydrogens is 523 g/mol. The van der Waals surface area contributed by atoms with E-state index in [1.807, 2.05) is 0 Å². The van der Waals surface area contributed by atoms with Gasteiger partial charge >= 0.3 is 0 Å². The number of anilines is 2. The molecule has 0 aliphatic heterocycles. The van der Waals surface area contributed by atoms with Gasteiger partial charge in [-0.15, -0.1) is 0 Å². The fourth-order valence-electron chi connectivity index (χ4n) is 3.16. The van der Waals surface area contributed by atoms with Crippen molar-refractivity contribution < 1.29 is 22.7 Å². The third-order valence-corrected chi connectivity index (χ3v) is 7.55. The highest BCUT2D eigenvalue weighted by Gasteiger charge is 2.31. The van der Waals surface area contributed by atoms with Crippen LogP contribution in [0.2, 0.25) is 15.1 Å². The molecule has 0 atom stereocenters. The van der Waals surface area contributed by atoms with Crippen LogP contribution in [0.4, 0.5) is 11.4 Å². The molecule has 34 heavy (non-hydrogen) atoms. The Labute approximate surface area is 213 Å². The van der Waals surface area contributed by atoms with Gasteiger partial charge in [-0.3, -0.25) is 9.10 Å². The van der Waals surface area contributed by atoms with Crippen LogP contribution in [0.5, 0.6) is 11.5 Å². The van der Waals surface area contributed by atoms with Crippen LogP contribution in [0.3, 0.4) is 0 Å². The Morgan fingerprint density at radius 2 is 1.53 bits per heavy atom. The molecular formula is C23H21Cl3N2O5S. The zero-order valence-corrected chi connectivity index (χ0v) is 21.5. The number of nitrogens with one attached hydrogen (secondary N) is 1. The first-order chi connectivity index (χ1) is 16.1. The third kappa shape index (κ3) is 5.52. The maximum atomic E-state index is 13.8. The summed E-state index contributed by atoms with van der Waals surface area (Å²) in [4.78, 5) is 12.9. The van der Waals surface area contributed by atoms with Crippen LogP contribution < -0.4 is 19.1 Å². The van der Waals surface area contributed by atoms with Gasteiger partial charge in [0.25, 0.3) is 10.0 Å². The van der Waals surface area contributed by atoms with Crippen molar-refractivity contribution in [2.75, 3.05) is 30.4 Å². The number of aryl methyl sites for hydroxylation is 1. The maximum Gasteiger partial charge on any atom is 0.268 e. The van der Waals surface area contributed by atoms with E-state index in [0.717, 1.165) is 4.31 Å². The van der Waals surface area contributed by atoms with Gasteiger partial charge in [-0.25, -0.2) is 8.42 Å². The normalized spacial score (nSPS) is 11.1. The lowest BCUT2D eigenvalue weighted by Crippen LogP contribution is -2.38. The number of hydrogen-bond acceptors (Lipinski definition) is 5. The van der Waals surface area contributed by atoms with E-state index in [2.05, 4.69) is 5.32 Å². The Morgan fingerprint density at radius 3 is 2.12 bits per heavy atom. The van der Waals surface area contributed by atoms with E-state index in [9.17, 15) is 13.2 Å². The number of hydrogen-bond donors (Lipinski definition) is 1. The Balaban J connectivity index is 2.09. The summed E-state index contributed by atoms with van der Waals surface area (Å²) in [5.74, 6) is -0.190. The van der Waals surface area contributed by atoms with E-state index in [4.69, 9.17) is 44.3 Å². The Kier molecular flexibility index (Phi) is 8.20. The van der Waals surface area contributed by atoms with Gasteiger partial charge in [0.1, 0.15) is 22.9 Å². The number of sulfonamides is 1. The number of para-hydroxylation sites is 1. The largest absolute Gasteiger partial charge is 0.495 e. The number of amides is 1. The van der Waals surface area contributed by atoms with E-state index < -0.39 is 22.5 Å². The average molecular weight is 544 g/mol. The van der Waals surface area contributed by atoms with Gasteiger partial charge < -0.3 is 14.8 Å². The van der Waals surface area contributed by atoms with E-state index >= 15 is 0 Å². The van der Waals surface area contributed by atoms with Crippen LogP contribution in [0.1, 0.15) is 5.56 Å². The molecule has 3 rings (SSSR count). The Morgan fingerprint density at radius 1 is 0.912 bits per heavy atom. The maximum absolute atomic E-state index is 13.8. The first-order valence-corrected chi connectivity index (χ1v) is 12.4. The second-order valence-electron chi connectivity index (χ2n) is 7.13. The minimum atomic E-state index is -4.28. The van der Waals surface area contributed by atoms with Gasteiger partial charge in [0.05, 0.1) is 40.7 Å². The highest BCUT2D eigenvalue weighted by atomic mass is 35.5. The van der Waals surface area contributed by atoms with Crippen LogP contribution in [-0.2, 0) is 14.8 Å². The fourth-order valence-corrected chi connectivity index (χ4v) is 5.56. The van der Waals surface area contributed by atoms with Crippen molar-refractivity contribution in [2.24, 2.45) is 0 Å². The predicted octanol–water partition coefficient (Wildman–Crippen LogP) is 5.81. The van der Waals surface area contributed by atoms with Crippen LogP contribution in [0.25, 0.3) is 0 Å². The highest BCUT2D eigenvalue weighted by Crippen LogP contribution is 2.35. The van der Waals surface area contributed by atoms with Crippen molar-refractivity contribution in [2.45, 2.75) is 11.8 Å². The van der Waals surface area contributed by atoms with E-state index in [1.165, 1.54) is 38.5 Å². The van der Waals surface area contributed by atoms with Gasteiger partial charge in [-0.05, 0) is 55.0 Å². The number of rotatable bonds is 8. The van der Waals surface area contributed by atoms with Crippen molar-refractivity contribution in [3.05, 3.63) is 75.2 Å². The molecule has 0 fully saturated rings. The molecule has 0 heterocycles. The molecule has 0 bridgehead atoms. The molecule has 180 valence electrons. The summed E-state index contributed by atoms with van der Waals surface area (Å²) in [5, 5.41) is 3.18. The molecule has 1 N–H and O–H groups in total. The lowest BCUT2D eigenvalue weighted by atomic mass is 10.2. The van der Waals surface area contributed by atoms with Crippen molar-refractivity contribution in [1.29, 1.82) is 0 Å². The summed E-state index contributed by atoms with van der Waals surface area (Å²) in [7, 11) is -1.48. The molecule has 3 aromatic carbocycles. The topological polar surface area (TPSA) is 84.9 Å². The minimum absolute atomic E-state index is 0.106. The molecule has 0 saturated carbocycles. The summed E-state index contributed by atoms with van der Waals surface area (Å²) < 4.78 is 38.9. The first kappa shape index (κ1) is 26.0. The van der Waals surface area contributed by atoms with Crippen molar-refractivity contribution in [1.82, 2.24) is 0 Å². The summed E-state index contributed by atoms with van der Waals surface area (Å²) in [6.45, 7) is 1.16. The summed E-state index contributed by atoms with van der Waals surface area (Å²) in [6.07, 6.45) is 0. The van der Waals surface area contributed by atoms with Gasteiger partial charge in [-0.2, -0.15) is 0 Å². The van der Waals surface area contributed by atoms with Gasteiger partial charge in [-0.1, -0.05) is 46.9 Å². The molecule has 3 aromatic rings. The van der Waals surface area contributed by atoms with Gasteiger partial charge in [0.15, 0.2) is 0 Å². The molecule has 0 saturated heterocycles. The number of methoxy groups -OCH3 is 2. The number of benzene rings is 3. The molecule has 11 heteroatoms. The number of ether oxygens (including phenoxy) is 2. The quantitative estimate of drug-likeness (QED) is 0.388. The molecule has 1 amide bonds. The summed E-state index contributed by atoms with van der Waals surface area (Å²) in [5.41, 5.74) is 1.02. The molecule has 0 spiro atoms. The SMILES string of the molecule is COc1ccc(N(CC(=O)Nc2c(Cl)cccc2Cl)S(=O)(=O)c2cc(C)ccc2OC)cc1Cl. The third-order valence-electron chi connectivity index (χ3n) is 4.82. The van der Waals surface area contributed by atoms with Crippen LogP contribution in [-0.4, -0.2) is 35.1 Å². The van der Waals surface area contributed by atoms with E-state index in [0.29, 0.717) is 11.3 Å². The molecule has 0 aliphatic carbocycles. The molecule has 0 aromatic heterocycles. The number of halogens is 3. The van der Waals surface area contributed by atoms with E-state index in [-0.39, 0.29) is 37.1 Å². The number of nitrogens with zero attached hydrogens (tertiary/aromatic N) is 1. The van der Waals surface area contributed by atoms with Gasteiger partial charge in [0.2, 0.25) is 5.91 Å². The molecule has 0 unspecified atom stereocenters. The Hall–Kier alpha value is -2.65. The molecule has 0 radical (unpaired) electrons. The number of carbonyl (C=O) groups is 1. The monoisotopic (exact) mass is 542 g/mol. The standard InChI is InChI=1S/C23H21Cl3N2O5S/c1-14-7-9-20(33-3)21(11-14)34(30,31)28(15-8-10-19(32-2)18(26)12-15)13-22(29)27-23-16(24)5-4-6-17(23)25/h4-12H,13H2,1-3H3,(H,27,29). The second kappa shape index (κ2) is 10.7. The first-order valence-electron chi connectivity index (χ1n) is 9.83. The summed E-state index contributed by atoms with van der Waals surface area (Å²) in [6, 6.07) is 13.9. The second-order valence-corrected chi connectivity index (χ2v) is 10.2. The van der Waals surface area contributed by atoms with E-state index in [1.54, 1.807) is 37.3 Å². The fraction of sp³-hybridized carbons (Fsp3) is 0.174. The lowest BCUT2D eigenvalue weighted by Gasteiger charge is -2.25. The smallest absolute Gasteiger partial charge is 0.268 e. The van der Waals surface area contributed by atoms with Crippen molar-refractivity contribution in [3.63, 3.8) is 0 Å². The lowest BCUT2D eigenvalue weighted by molar-refractivity contribution is -0.114. The summed E-state index contributed by atoms with van der Waals surface area (Å²) >= 11 is 18.5. The molecule has 7 nitrogen and oxygen atoms in total.